The summed E-state index contributed by atoms with van der Waals surface area (Å²) in [6.07, 6.45) is 0. The van der Waals surface area contributed by atoms with Crippen molar-refractivity contribution in [1.82, 2.24) is 5.32 Å². The van der Waals surface area contributed by atoms with Crippen molar-refractivity contribution in [2.24, 2.45) is 0 Å². The fraction of sp³-hybridized carbons (Fsp3) is 0.125. The minimum absolute atomic E-state index is 0.233. The third-order valence-electron chi connectivity index (χ3n) is 3.29. The summed E-state index contributed by atoms with van der Waals surface area (Å²) in [6.45, 7) is 0. The lowest BCUT2D eigenvalue weighted by molar-refractivity contribution is 0.490. The maximum Gasteiger partial charge on any atom is 0.134 e. The molecule has 0 saturated heterocycles. The smallest absolute Gasteiger partial charge is 0.134 e. The summed E-state index contributed by atoms with van der Waals surface area (Å²) in [5, 5.41) is 4.73. The highest BCUT2D eigenvalue weighted by molar-refractivity contribution is 9.10. The van der Waals surface area contributed by atoms with Gasteiger partial charge in [-0.25, -0.2) is 4.39 Å². The van der Waals surface area contributed by atoms with E-state index in [2.05, 4.69) is 21.2 Å². The van der Waals surface area contributed by atoms with Crippen LogP contribution in [0.1, 0.15) is 17.4 Å². The van der Waals surface area contributed by atoms with E-state index in [0.29, 0.717) is 15.3 Å². The number of hydrogen-bond acceptors (Lipinski definition) is 2. The van der Waals surface area contributed by atoms with Crippen LogP contribution >= 0.6 is 27.5 Å². The molecular formula is C16H12BrClFNO. The molecule has 0 aliphatic carbocycles. The van der Waals surface area contributed by atoms with Gasteiger partial charge in [0.25, 0.3) is 0 Å². The number of halogens is 3. The zero-order valence-electron chi connectivity index (χ0n) is 11.2. The van der Waals surface area contributed by atoms with Gasteiger partial charge >= 0.3 is 0 Å². The first-order valence-corrected chi connectivity index (χ1v) is 7.56. The monoisotopic (exact) mass is 367 g/mol. The first kappa shape index (κ1) is 14.6. The van der Waals surface area contributed by atoms with E-state index in [1.807, 2.05) is 31.3 Å². The number of benzene rings is 2. The van der Waals surface area contributed by atoms with Crippen LogP contribution in [0.4, 0.5) is 4.39 Å². The summed E-state index contributed by atoms with van der Waals surface area (Å²) in [6, 6.07) is 11.9. The Labute approximate surface area is 135 Å². The number of hydrogen-bond donors (Lipinski definition) is 1. The van der Waals surface area contributed by atoms with Gasteiger partial charge in [-0.2, -0.15) is 0 Å². The number of fused-ring (bicyclic) bond motifs is 1. The summed E-state index contributed by atoms with van der Waals surface area (Å²) in [5.41, 5.74) is 1.54. The van der Waals surface area contributed by atoms with Crippen LogP contribution in [0, 0.1) is 5.82 Å². The Morgan fingerprint density at radius 3 is 2.71 bits per heavy atom. The Morgan fingerprint density at radius 2 is 2.00 bits per heavy atom. The highest BCUT2D eigenvalue weighted by Crippen LogP contribution is 2.31. The molecule has 5 heteroatoms. The van der Waals surface area contributed by atoms with Crippen LogP contribution in [0.3, 0.4) is 0 Å². The van der Waals surface area contributed by atoms with E-state index in [1.165, 1.54) is 12.1 Å². The van der Waals surface area contributed by atoms with Crippen LogP contribution in [0.15, 0.2) is 51.4 Å². The van der Waals surface area contributed by atoms with Crippen molar-refractivity contribution in [3.05, 3.63) is 69.1 Å². The van der Waals surface area contributed by atoms with Crippen LogP contribution in [0.25, 0.3) is 11.0 Å². The zero-order valence-corrected chi connectivity index (χ0v) is 13.5. The normalized spacial score (nSPS) is 12.8. The van der Waals surface area contributed by atoms with E-state index in [0.717, 1.165) is 16.5 Å². The van der Waals surface area contributed by atoms with Crippen LogP contribution in [-0.4, -0.2) is 7.05 Å². The molecule has 0 fully saturated rings. The number of rotatable bonds is 3. The predicted octanol–water partition coefficient (Wildman–Crippen LogP) is 5.30. The Kier molecular flexibility index (Phi) is 4.02. The van der Waals surface area contributed by atoms with E-state index in [9.17, 15) is 4.39 Å². The van der Waals surface area contributed by atoms with Crippen LogP contribution in [-0.2, 0) is 0 Å². The number of furan rings is 1. The molecule has 3 rings (SSSR count). The van der Waals surface area contributed by atoms with Crippen molar-refractivity contribution >= 4 is 38.5 Å². The van der Waals surface area contributed by atoms with Crippen molar-refractivity contribution < 1.29 is 8.81 Å². The average molecular weight is 369 g/mol. The standard InChI is InChI=1S/C16H12BrClFNO/c1-20-16(10-4-11(17)8-13(19)6-10)15-7-9-5-12(18)2-3-14(9)21-15/h2-8,16,20H,1H3. The van der Waals surface area contributed by atoms with Gasteiger partial charge in [-0.3, -0.25) is 0 Å². The maximum atomic E-state index is 13.6. The average Bonchev–Trinajstić information content (AvgIpc) is 2.81. The second kappa shape index (κ2) is 5.79. The molecule has 0 spiro atoms. The van der Waals surface area contributed by atoms with Gasteiger partial charge in [-0.1, -0.05) is 27.5 Å². The summed E-state index contributed by atoms with van der Waals surface area (Å²) in [5.74, 6) is 0.422. The van der Waals surface area contributed by atoms with Gasteiger partial charge in [0.05, 0.1) is 6.04 Å². The molecule has 3 aromatic rings. The molecule has 21 heavy (non-hydrogen) atoms. The lowest BCUT2D eigenvalue weighted by Crippen LogP contribution is -2.17. The molecule has 0 aliphatic rings. The Balaban J connectivity index is 2.08. The lowest BCUT2D eigenvalue weighted by Gasteiger charge is -2.14. The SMILES string of the molecule is CNC(c1cc(F)cc(Br)c1)c1cc2cc(Cl)ccc2o1. The second-order valence-electron chi connectivity index (χ2n) is 4.76. The molecule has 0 radical (unpaired) electrons. The van der Waals surface area contributed by atoms with Crippen molar-refractivity contribution in [3.8, 4) is 0 Å². The van der Waals surface area contributed by atoms with E-state index < -0.39 is 0 Å². The van der Waals surface area contributed by atoms with E-state index >= 15 is 0 Å². The van der Waals surface area contributed by atoms with Crippen LogP contribution in [0.5, 0.6) is 0 Å². The summed E-state index contributed by atoms with van der Waals surface area (Å²) in [7, 11) is 1.81. The molecular weight excluding hydrogens is 357 g/mol. The fourth-order valence-corrected chi connectivity index (χ4v) is 3.06. The Hall–Kier alpha value is -1.36. The van der Waals surface area contributed by atoms with Gasteiger partial charge in [0.2, 0.25) is 0 Å². The van der Waals surface area contributed by atoms with Crippen molar-refractivity contribution in [1.29, 1.82) is 0 Å². The predicted molar refractivity (Wildman–Crippen MR) is 86.2 cm³/mol. The molecule has 0 bridgehead atoms. The zero-order chi connectivity index (χ0) is 15.0. The van der Waals surface area contributed by atoms with Crippen molar-refractivity contribution in [2.75, 3.05) is 7.05 Å². The third kappa shape index (κ3) is 2.98. The minimum Gasteiger partial charge on any atom is -0.459 e. The quantitative estimate of drug-likeness (QED) is 0.679. The molecule has 1 aromatic heterocycles. The van der Waals surface area contributed by atoms with Crippen molar-refractivity contribution in [3.63, 3.8) is 0 Å². The van der Waals surface area contributed by atoms with Gasteiger partial charge in [0.1, 0.15) is 17.2 Å². The van der Waals surface area contributed by atoms with Crippen LogP contribution in [0.2, 0.25) is 5.02 Å². The second-order valence-corrected chi connectivity index (χ2v) is 6.11. The lowest BCUT2D eigenvalue weighted by atomic mass is 10.0. The molecule has 0 saturated carbocycles. The molecule has 1 heterocycles. The molecule has 108 valence electrons. The highest BCUT2D eigenvalue weighted by atomic mass is 79.9. The first-order valence-electron chi connectivity index (χ1n) is 6.39. The topological polar surface area (TPSA) is 25.2 Å². The maximum absolute atomic E-state index is 13.6. The third-order valence-corrected chi connectivity index (χ3v) is 3.98. The molecule has 1 unspecified atom stereocenters. The summed E-state index contributed by atoms with van der Waals surface area (Å²) in [4.78, 5) is 0. The van der Waals surface area contributed by atoms with E-state index in [1.54, 1.807) is 6.07 Å². The largest absolute Gasteiger partial charge is 0.459 e. The highest BCUT2D eigenvalue weighted by Gasteiger charge is 2.18. The number of nitrogens with one attached hydrogen (secondary N) is 1. The van der Waals surface area contributed by atoms with Gasteiger partial charge in [-0.05, 0) is 55.1 Å². The molecule has 1 N–H and O–H groups in total. The molecule has 2 nitrogen and oxygen atoms in total. The van der Waals surface area contributed by atoms with Crippen LogP contribution < -0.4 is 5.32 Å². The Morgan fingerprint density at radius 1 is 1.19 bits per heavy atom. The summed E-state index contributed by atoms with van der Waals surface area (Å²) < 4.78 is 20.1. The van der Waals surface area contributed by atoms with E-state index in [-0.39, 0.29) is 11.9 Å². The summed E-state index contributed by atoms with van der Waals surface area (Å²) >= 11 is 9.30. The van der Waals surface area contributed by atoms with E-state index in [4.69, 9.17) is 16.0 Å². The minimum atomic E-state index is -0.293. The van der Waals surface area contributed by atoms with Gasteiger partial charge in [0.15, 0.2) is 0 Å². The van der Waals surface area contributed by atoms with Crippen molar-refractivity contribution in [2.45, 2.75) is 6.04 Å². The fourth-order valence-electron chi connectivity index (χ4n) is 2.39. The molecule has 0 amide bonds. The molecule has 1 atom stereocenters. The van der Waals surface area contributed by atoms with Gasteiger partial charge in [-0.15, -0.1) is 0 Å². The van der Waals surface area contributed by atoms with Gasteiger partial charge < -0.3 is 9.73 Å². The molecule has 0 aliphatic heterocycles. The molecule has 2 aromatic carbocycles. The first-order chi connectivity index (χ1) is 10.1. The Bertz CT molecular complexity index is 782. The van der Waals surface area contributed by atoms with Gasteiger partial charge in [0, 0.05) is 14.9 Å².